The van der Waals surface area contributed by atoms with E-state index in [0.29, 0.717) is 0 Å². The number of amides is 3. The maximum Gasteiger partial charge on any atom is 0.318 e. The zero-order valence-corrected chi connectivity index (χ0v) is 9.64. The summed E-state index contributed by atoms with van der Waals surface area (Å²) >= 11 is 0. The fourth-order valence-corrected chi connectivity index (χ4v) is 1.29. The van der Waals surface area contributed by atoms with Gasteiger partial charge in [-0.3, -0.25) is 10.1 Å². The van der Waals surface area contributed by atoms with Gasteiger partial charge in [0.05, 0.1) is 6.10 Å². The molecule has 4 N–H and O–H groups in total. The van der Waals surface area contributed by atoms with Gasteiger partial charge in [-0.1, -0.05) is 0 Å². The standard InChI is InChI=1S/C11H13FN2O4/c1-6(15)8-4-7(12)2-3-9(8)18-5-10(16)14-11(13)17/h2-4,6,15H,5H2,1H3,(H3,13,14,16,17). The van der Waals surface area contributed by atoms with Crippen LogP contribution in [0, 0.1) is 5.82 Å². The Morgan fingerprint density at radius 2 is 2.22 bits per heavy atom. The molecule has 0 heterocycles. The summed E-state index contributed by atoms with van der Waals surface area (Å²) in [4.78, 5) is 21.5. The summed E-state index contributed by atoms with van der Waals surface area (Å²) in [5.41, 5.74) is 4.95. The van der Waals surface area contributed by atoms with Crippen LogP contribution in [0.25, 0.3) is 0 Å². The third kappa shape index (κ3) is 4.02. The number of benzene rings is 1. The number of ether oxygens (including phenoxy) is 1. The summed E-state index contributed by atoms with van der Waals surface area (Å²) in [5, 5.41) is 11.2. The van der Waals surface area contributed by atoms with Crippen molar-refractivity contribution in [2.75, 3.05) is 6.61 Å². The molecule has 6 nitrogen and oxygen atoms in total. The van der Waals surface area contributed by atoms with Crippen molar-refractivity contribution in [1.82, 2.24) is 5.32 Å². The van der Waals surface area contributed by atoms with Crippen molar-refractivity contribution < 1.29 is 23.8 Å². The molecule has 1 unspecified atom stereocenters. The second kappa shape index (κ2) is 5.97. The summed E-state index contributed by atoms with van der Waals surface area (Å²) in [6, 6.07) is 2.53. The van der Waals surface area contributed by atoms with Gasteiger partial charge >= 0.3 is 6.03 Å². The third-order valence-electron chi connectivity index (χ3n) is 2.04. The van der Waals surface area contributed by atoms with E-state index in [4.69, 9.17) is 10.5 Å². The molecule has 1 atom stereocenters. The number of imide groups is 1. The quantitative estimate of drug-likeness (QED) is 0.728. The number of nitrogens with one attached hydrogen (secondary N) is 1. The van der Waals surface area contributed by atoms with E-state index < -0.39 is 30.5 Å². The highest BCUT2D eigenvalue weighted by Crippen LogP contribution is 2.25. The van der Waals surface area contributed by atoms with Gasteiger partial charge in [0.15, 0.2) is 6.61 Å². The number of primary amides is 1. The van der Waals surface area contributed by atoms with Crippen LogP contribution in [0.3, 0.4) is 0 Å². The van der Waals surface area contributed by atoms with Crippen LogP contribution >= 0.6 is 0 Å². The molecule has 1 aromatic carbocycles. The number of halogens is 1. The van der Waals surface area contributed by atoms with Crippen molar-refractivity contribution in [3.63, 3.8) is 0 Å². The molecule has 7 heteroatoms. The maximum atomic E-state index is 13.0. The molecule has 18 heavy (non-hydrogen) atoms. The maximum absolute atomic E-state index is 13.0. The lowest BCUT2D eigenvalue weighted by Gasteiger charge is -2.13. The molecule has 98 valence electrons. The first kappa shape index (κ1) is 13.9. The highest BCUT2D eigenvalue weighted by atomic mass is 19.1. The number of carbonyl (C=O) groups is 2. The molecule has 0 fully saturated rings. The average molecular weight is 256 g/mol. The zero-order chi connectivity index (χ0) is 13.7. The molecule has 0 aliphatic carbocycles. The first-order valence-corrected chi connectivity index (χ1v) is 5.09. The topological polar surface area (TPSA) is 102 Å². The Balaban J connectivity index is 2.72. The highest BCUT2D eigenvalue weighted by molar-refractivity contribution is 5.94. The van der Waals surface area contributed by atoms with E-state index in [9.17, 15) is 19.1 Å². The van der Waals surface area contributed by atoms with Crippen LogP contribution < -0.4 is 15.8 Å². The Kier molecular flexibility index (Phi) is 4.61. The molecular formula is C11H13FN2O4. The van der Waals surface area contributed by atoms with Crippen molar-refractivity contribution in [3.05, 3.63) is 29.6 Å². The minimum Gasteiger partial charge on any atom is -0.483 e. The lowest BCUT2D eigenvalue weighted by molar-refractivity contribution is -0.121. The number of aliphatic hydroxyl groups excluding tert-OH is 1. The molecule has 0 bridgehead atoms. The molecule has 1 rings (SSSR count). The van der Waals surface area contributed by atoms with Crippen molar-refractivity contribution in [1.29, 1.82) is 0 Å². The number of hydrogen-bond donors (Lipinski definition) is 3. The number of aliphatic hydroxyl groups is 1. The Morgan fingerprint density at radius 3 is 2.78 bits per heavy atom. The van der Waals surface area contributed by atoms with Crippen LogP contribution in [-0.2, 0) is 4.79 Å². The number of carbonyl (C=O) groups excluding carboxylic acids is 2. The van der Waals surface area contributed by atoms with Gasteiger partial charge in [0, 0.05) is 5.56 Å². The predicted octanol–water partition coefficient (Wildman–Crippen LogP) is 0.453. The third-order valence-corrected chi connectivity index (χ3v) is 2.04. The van der Waals surface area contributed by atoms with Gasteiger partial charge in [-0.25, -0.2) is 9.18 Å². The Bertz CT molecular complexity index is 462. The lowest BCUT2D eigenvalue weighted by atomic mass is 10.1. The summed E-state index contributed by atoms with van der Waals surface area (Å²) in [7, 11) is 0. The van der Waals surface area contributed by atoms with Gasteiger partial charge in [-0.05, 0) is 25.1 Å². The van der Waals surface area contributed by atoms with Gasteiger partial charge < -0.3 is 15.6 Å². The molecule has 3 amide bonds. The summed E-state index contributed by atoms with van der Waals surface area (Å²) in [6.07, 6.45) is -0.949. The fraction of sp³-hybridized carbons (Fsp3) is 0.273. The van der Waals surface area contributed by atoms with E-state index in [2.05, 4.69) is 0 Å². The fourth-order valence-electron chi connectivity index (χ4n) is 1.29. The van der Waals surface area contributed by atoms with E-state index in [1.165, 1.54) is 13.0 Å². The Labute approximate surface area is 103 Å². The Morgan fingerprint density at radius 1 is 1.56 bits per heavy atom. The van der Waals surface area contributed by atoms with Crippen LogP contribution in [0.1, 0.15) is 18.6 Å². The van der Waals surface area contributed by atoms with Crippen LogP contribution in [-0.4, -0.2) is 23.7 Å². The van der Waals surface area contributed by atoms with E-state index in [0.717, 1.165) is 12.1 Å². The second-order valence-corrected chi connectivity index (χ2v) is 3.56. The highest BCUT2D eigenvalue weighted by Gasteiger charge is 2.12. The normalized spacial score (nSPS) is 11.7. The lowest BCUT2D eigenvalue weighted by Crippen LogP contribution is -2.38. The molecule has 0 spiro atoms. The average Bonchev–Trinajstić information content (AvgIpc) is 2.26. The monoisotopic (exact) mass is 256 g/mol. The summed E-state index contributed by atoms with van der Waals surface area (Å²) < 4.78 is 18.0. The minimum absolute atomic E-state index is 0.158. The van der Waals surface area contributed by atoms with Gasteiger partial charge in [-0.15, -0.1) is 0 Å². The summed E-state index contributed by atoms with van der Waals surface area (Å²) in [6.45, 7) is 0.972. The van der Waals surface area contributed by atoms with Crippen molar-refractivity contribution >= 4 is 11.9 Å². The number of nitrogens with two attached hydrogens (primary N) is 1. The van der Waals surface area contributed by atoms with Crippen LogP contribution in [0.5, 0.6) is 5.75 Å². The van der Waals surface area contributed by atoms with Crippen LogP contribution in [0.4, 0.5) is 9.18 Å². The summed E-state index contributed by atoms with van der Waals surface area (Å²) in [5.74, 6) is -1.10. The van der Waals surface area contributed by atoms with E-state index in [1.807, 2.05) is 5.32 Å². The van der Waals surface area contributed by atoms with Crippen LogP contribution in [0.15, 0.2) is 18.2 Å². The minimum atomic E-state index is -0.988. The molecule has 0 saturated heterocycles. The molecular weight excluding hydrogens is 243 g/mol. The molecule has 0 saturated carbocycles. The van der Waals surface area contributed by atoms with Crippen molar-refractivity contribution in [2.45, 2.75) is 13.0 Å². The van der Waals surface area contributed by atoms with Crippen molar-refractivity contribution in [2.24, 2.45) is 5.73 Å². The number of urea groups is 1. The van der Waals surface area contributed by atoms with Gasteiger partial charge in [0.2, 0.25) is 0 Å². The smallest absolute Gasteiger partial charge is 0.318 e. The van der Waals surface area contributed by atoms with Gasteiger partial charge in [-0.2, -0.15) is 0 Å². The largest absolute Gasteiger partial charge is 0.483 e. The number of rotatable bonds is 4. The first-order chi connectivity index (χ1) is 8.40. The van der Waals surface area contributed by atoms with E-state index in [1.54, 1.807) is 0 Å². The molecule has 0 radical (unpaired) electrons. The van der Waals surface area contributed by atoms with Crippen molar-refractivity contribution in [3.8, 4) is 5.75 Å². The van der Waals surface area contributed by atoms with Gasteiger partial charge in [0.1, 0.15) is 11.6 Å². The van der Waals surface area contributed by atoms with Gasteiger partial charge in [0.25, 0.3) is 5.91 Å². The second-order valence-electron chi connectivity index (χ2n) is 3.56. The SMILES string of the molecule is CC(O)c1cc(F)ccc1OCC(=O)NC(N)=O. The van der Waals surface area contributed by atoms with E-state index >= 15 is 0 Å². The zero-order valence-electron chi connectivity index (χ0n) is 9.64. The predicted molar refractivity (Wildman–Crippen MR) is 60.3 cm³/mol. The first-order valence-electron chi connectivity index (χ1n) is 5.09. The molecule has 0 aliphatic rings. The molecule has 0 aromatic heterocycles. The Hall–Kier alpha value is -2.15. The number of hydrogen-bond acceptors (Lipinski definition) is 4. The molecule has 0 aliphatic heterocycles. The van der Waals surface area contributed by atoms with E-state index in [-0.39, 0.29) is 11.3 Å². The van der Waals surface area contributed by atoms with Crippen LogP contribution in [0.2, 0.25) is 0 Å². The molecule has 1 aromatic rings.